The highest BCUT2D eigenvalue weighted by Crippen LogP contribution is 2.37. The molecular weight excluding hydrogens is 271 g/mol. The normalized spacial score (nSPS) is 13.7. The first kappa shape index (κ1) is 18.0. The van der Waals surface area contributed by atoms with Crippen molar-refractivity contribution in [2.24, 2.45) is 0 Å². The van der Waals surface area contributed by atoms with Gasteiger partial charge in [-0.25, -0.2) is 0 Å². The smallest absolute Gasteiger partial charge is 0.332 e. The summed E-state index contributed by atoms with van der Waals surface area (Å²) in [6, 6.07) is 0. The van der Waals surface area contributed by atoms with Crippen molar-refractivity contribution in [2.75, 3.05) is 12.8 Å². The Bertz CT molecular complexity index is 329. The molecule has 7 heteroatoms. The highest BCUT2D eigenvalue weighted by Gasteiger charge is 2.36. The Hall–Kier alpha value is -0.00312. The van der Waals surface area contributed by atoms with Gasteiger partial charge in [0.05, 0.1) is 0 Å². The molecule has 0 saturated carbocycles. The number of ketones is 1. The average molecular weight is 296 g/mol. The lowest BCUT2D eigenvalue weighted by Gasteiger charge is -2.36. The Labute approximate surface area is 110 Å². The molecule has 0 aliphatic rings. The zero-order chi connectivity index (χ0) is 14.6. The fourth-order valence-corrected chi connectivity index (χ4v) is 2.83. The van der Waals surface area contributed by atoms with Gasteiger partial charge in [-0.3, -0.25) is 9.36 Å². The van der Waals surface area contributed by atoms with Crippen LogP contribution in [0.5, 0.6) is 0 Å². The average Bonchev–Trinajstić information content (AvgIpc) is 2.07. The molecule has 0 aromatic rings. The zero-order valence-corrected chi connectivity index (χ0v) is 13.8. The van der Waals surface area contributed by atoms with Crippen molar-refractivity contribution in [3.63, 3.8) is 0 Å². The van der Waals surface area contributed by atoms with Crippen molar-refractivity contribution in [3.8, 4) is 0 Å². The number of hydrogen-bond acceptors (Lipinski definition) is 3. The van der Waals surface area contributed by atoms with Crippen LogP contribution in [-0.2, 0) is 13.8 Å². The second-order valence-electron chi connectivity index (χ2n) is 6.07. The summed E-state index contributed by atoms with van der Waals surface area (Å²) in [5.41, 5.74) is 0. The van der Waals surface area contributed by atoms with Gasteiger partial charge in [0.2, 0.25) is 0 Å². The molecule has 108 valence electrons. The quantitative estimate of drug-likeness (QED) is 0.428. The van der Waals surface area contributed by atoms with Gasteiger partial charge in [-0.05, 0) is 24.6 Å². The molecule has 0 bridgehead atoms. The van der Waals surface area contributed by atoms with E-state index in [0.29, 0.717) is 13.0 Å². The van der Waals surface area contributed by atoms with Gasteiger partial charge < -0.3 is 14.2 Å². The molecule has 18 heavy (non-hydrogen) atoms. The van der Waals surface area contributed by atoms with Crippen molar-refractivity contribution in [3.05, 3.63) is 0 Å². The van der Waals surface area contributed by atoms with Crippen LogP contribution in [0.4, 0.5) is 0 Å². The lowest BCUT2D eigenvalue weighted by atomic mass is 10.2. The second-order valence-corrected chi connectivity index (χ2v) is 12.5. The molecule has 0 atom stereocenters. The van der Waals surface area contributed by atoms with Crippen molar-refractivity contribution < 1.29 is 23.6 Å². The molecule has 0 fully saturated rings. The van der Waals surface area contributed by atoms with Crippen LogP contribution in [0.2, 0.25) is 18.1 Å². The molecule has 0 spiro atoms. The molecule has 0 saturated heterocycles. The first-order chi connectivity index (χ1) is 7.85. The number of carbonyl (C=O) groups excluding carboxylic acids is 1. The van der Waals surface area contributed by atoms with Gasteiger partial charge in [-0.2, -0.15) is 0 Å². The summed E-state index contributed by atoms with van der Waals surface area (Å²) in [5, 5.41) is 0.128. The third kappa shape index (κ3) is 7.44. The van der Waals surface area contributed by atoms with Gasteiger partial charge in [0.15, 0.2) is 8.32 Å². The topological polar surface area (TPSA) is 83.8 Å². The third-order valence-electron chi connectivity index (χ3n) is 3.25. The van der Waals surface area contributed by atoms with Crippen LogP contribution in [0.3, 0.4) is 0 Å². The van der Waals surface area contributed by atoms with E-state index in [0.717, 1.165) is 0 Å². The molecule has 0 rings (SSSR count). The minimum atomic E-state index is -4.21. The lowest BCUT2D eigenvalue weighted by molar-refractivity contribution is -0.117. The van der Waals surface area contributed by atoms with Crippen LogP contribution in [-0.4, -0.2) is 36.7 Å². The first-order valence-corrected chi connectivity index (χ1v) is 10.8. The molecular formula is C11H25O5PSi. The molecule has 0 aliphatic carbocycles. The number of Topliss-reactive ketones (excluding diaryl/α,β-unsaturated/α-hetero) is 1. The van der Waals surface area contributed by atoms with E-state index in [1.165, 1.54) is 0 Å². The van der Waals surface area contributed by atoms with E-state index in [1.807, 2.05) is 0 Å². The van der Waals surface area contributed by atoms with Gasteiger partial charge in [-0.1, -0.05) is 20.8 Å². The minimum Gasteiger partial charge on any atom is -0.417 e. The predicted molar refractivity (Wildman–Crippen MR) is 74.3 cm³/mol. The summed E-state index contributed by atoms with van der Waals surface area (Å²) in [7, 11) is -6.00. The van der Waals surface area contributed by atoms with E-state index in [4.69, 9.17) is 14.2 Å². The Morgan fingerprint density at radius 1 is 1.28 bits per heavy atom. The fourth-order valence-electron chi connectivity index (χ4n) is 1.12. The zero-order valence-electron chi connectivity index (χ0n) is 11.9. The van der Waals surface area contributed by atoms with E-state index in [2.05, 4.69) is 33.9 Å². The largest absolute Gasteiger partial charge is 0.417 e. The summed E-state index contributed by atoms with van der Waals surface area (Å²) in [6.45, 7) is 11.1. The standard InChI is InChI=1S/C11H25O5PSi/c1-11(2,3)18(4,5)16-8-6-7-10(12)9-17(13,14)15/h6-9H2,1-5H3,(H2,13,14,15). The van der Waals surface area contributed by atoms with E-state index in [-0.39, 0.29) is 11.5 Å². The maximum absolute atomic E-state index is 11.2. The summed E-state index contributed by atoms with van der Waals surface area (Å²) in [5.74, 6) is -0.401. The van der Waals surface area contributed by atoms with Gasteiger partial charge in [-0.15, -0.1) is 0 Å². The summed E-state index contributed by atoms with van der Waals surface area (Å²) in [6.07, 6.45) is 0.0260. The number of carbonyl (C=O) groups is 1. The van der Waals surface area contributed by atoms with E-state index in [1.54, 1.807) is 0 Å². The third-order valence-corrected chi connectivity index (χ3v) is 8.55. The van der Waals surface area contributed by atoms with Crippen molar-refractivity contribution in [2.45, 2.75) is 51.7 Å². The van der Waals surface area contributed by atoms with Crippen molar-refractivity contribution in [1.29, 1.82) is 0 Å². The lowest BCUT2D eigenvalue weighted by Crippen LogP contribution is -2.41. The molecule has 0 aliphatic heterocycles. The van der Waals surface area contributed by atoms with Crippen LogP contribution in [0, 0.1) is 0 Å². The summed E-state index contributed by atoms with van der Waals surface area (Å²) in [4.78, 5) is 28.5. The SMILES string of the molecule is CC(C)(C)[Si](C)(C)OCCCC(=O)CP(=O)(O)O. The fraction of sp³-hybridized carbons (Fsp3) is 0.909. The first-order valence-electron chi connectivity index (χ1n) is 6.05. The molecule has 0 aromatic carbocycles. The summed E-state index contributed by atoms with van der Waals surface area (Å²) < 4.78 is 16.5. The maximum atomic E-state index is 11.2. The van der Waals surface area contributed by atoms with Crippen LogP contribution in [0.1, 0.15) is 33.6 Å². The number of hydrogen-bond donors (Lipinski definition) is 2. The highest BCUT2D eigenvalue weighted by atomic mass is 31.2. The van der Waals surface area contributed by atoms with Crippen LogP contribution >= 0.6 is 7.60 Å². The molecule has 0 heterocycles. The predicted octanol–water partition coefficient (Wildman–Crippen LogP) is 2.54. The van der Waals surface area contributed by atoms with Gasteiger partial charge >= 0.3 is 7.60 Å². The highest BCUT2D eigenvalue weighted by molar-refractivity contribution is 7.52. The van der Waals surface area contributed by atoms with Crippen LogP contribution in [0.25, 0.3) is 0 Å². The molecule has 2 N–H and O–H groups in total. The Morgan fingerprint density at radius 2 is 1.78 bits per heavy atom. The van der Waals surface area contributed by atoms with Crippen LogP contribution < -0.4 is 0 Å². The van der Waals surface area contributed by atoms with Crippen LogP contribution in [0.15, 0.2) is 0 Å². The van der Waals surface area contributed by atoms with Gasteiger partial charge in [0.1, 0.15) is 11.9 Å². The Balaban J connectivity index is 3.95. The Kier molecular flexibility index (Phi) is 6.43. The van der Waals surface area contributed by atoms with Crippen molar-refractivity contribution in [1.82, 2.24) is 0 Å². The summed E-state index contributed by atoms with van der Waals surface area (Å²) >= 11 is 0. The Morgan fingerprint density at radius 3 is 2.17 bits per heavy atom. The number of rotatable bonds is 7. The second kappa shape index (κ2) is 6.44. The molecule has 0 radical (unpaired) electrons. The van der Waals surface area contributed by atoms with Gasteiger partial charge in [0.25, 0.3) is 0 Å². The molecule has 5 nitrogen and oxygen atoms in total. The van der Waals surface area contributed by atoms with Gasteiger partial charge in [0, 0.05) is 13.0 Å². The minimum absolute atomic E-state index is 0.128. The molecule has 0 aromatic heterocycles. The molecule has 0 amide bonds. The van der Waals surface area contributed by atoms with Crippen molar-refractivity contribution >= 4 is 21.7 Å². The van der Waals surface area contributed by atoms with E-state index < -0.39 is 27.9 Å². The van der Waals surface area contributed by atoms with E-state index >= 15 is 0 Å². The maximum Gasteiger partial charge on any atom is 0.332 e. The molecule has 0 unspecified atom stereocenters. The monoisotopic (exact) mass is 296 g/mol. The van der Waals surface area contributed by atoms with E-state index in [9.17, 15) is 9.36 Å².